The van der Waals surface area contributed by atoms with Crippen LogP contribution in [0.15, 0.2) is 42.9 Å². The van der Waals surface area contributed by atoms with Gasteiger partial charge in [-0.2, -0.15) is 0 Å². The fourth-order valence-corrected chi connectivity index (χ4v) is 3.94. The molecule has 1 fully saturated rings. The Hall–Kier alpha value is -3.75. The smallest absolute Gasteiger partial charge is 0.257 e. The van der Waals surface area contributed by atoms with E-state index in [1.165, 1.54) is 7.11 Å². The topological polar surface area (TPSA) is 99.6 Å². The van der Waals surface area contributed by atoms with E-state index in [1.807, 2.05) is 24.8 Å². The molecule has 0 bridgehead atoms. The van der Waals surface area contributed by atoms with Crippen molar-refractivity contribution in [2.75, 3.05) is 20.8 Å². The van der Waals surface area contributed by atoms with Crippen LogP contribution in [0.2, 0.25) is 0 Å². The van der Waals surface area contributed by atoms with Gasteiger partial charge in [0, 0.05) is 30.7 Å². The number of hydrogen-bond donors (Lipinski definition) is 0. The number of aryl methyl sites for hydroxylation is 1. The van der Waals surface area contributed by atoms with Crippen molar-refractivity contribution < 1.29 is 19.0 Å². The lowest BCUT2D eigenvalue weighted by Crippen LogP contribution is -2.49. The molecule has 0 spiro atoms. The third-order valence-electron chi connectivity index (χ3n) is 5.74. The summed E-state index contributed by atoms with van der Waals surface area (Å²) in [6, 6.07) is 7.00. The first-order valence-electron chi connectivity index (χ1n) is 10.8. The Balaban J connectivity index is 1.61. The lowest BCUT2D eigenvalue weighted by atomic mass is 9.99. The van der Waals surface area contributed by atoms with E-state index >= 15 is 0 Å². The standard InChI is InChI=1S/C24H27N5O4/c1-15-10-13-27-23(21(15)32-4)33-17-7-6-16(2)29(14-17)24(30)18-8-9-19(31-3)28-20(18)22-25-11-5-12-26-22/h5,8-13,16-17H,6-7,14H2,1-4H3/t16-,17?/m1/s1. The average molecular weight is 450 g/mol. The zero-order valence-electron chi connectivity index (χ0n) is 19.2. The molecule has 1 amide bonds. The highest BCUT2D eigenvalue weighted by Crippen LogP contribution is 2.31. The van der Waals surface area contributed by atoms with Crippen molar-refractivity contribution in [3.05, 3.63) is 54.0 Å². The van der Waals surface area contributed by atoms with Gasteiger partial charge in [-0.1, -0.05) is 0 Å². The fourth-order valence-electron chi connectivity index (χ4n) is 3.94. The van der Waals surface area contributed by atoms with Crippen molar-refractivity contribution in [2.24, 2.45) is 0 Å². The molecule has 2 atom stereocenters. The van der Waals surface area contributed by atoms with Crippen LogP contribution in [0, 0.1) is 6.92 Å². The van der Waals surface area contributed by atoms with E-state index in [-0.39, 0.29) is 18.1 Å². The van der Waals surface area contributed by atoms with E-state index in [9.17, 15) is 4.79 Å². The third-order valence-corrected chi connectivity index (χ3v) is 5.74. The maximum absolute atomic E-state index is 13.7. The number of nitrogens with zero attached hydrogens (tertiary/aromatic N) is 5. The van der Waals surface area contributed by atoms with Crippen LogP contribution in [0.4, 0.5) is 0 Å². The number of hydrogen-bond acceptors (Lipinski definition) is 8. The predicted molar refractivity (Wildman–Crippen MR) is 121 cm³/mol. The number of aromatic nitrogens is 4. The minimum atomic E-state index is -0.212. The van der Waals surface area contributed by atoms with Gasteiger partial charge in [0.25, 0.3) is 11.8 Å². The van der Waals surface area contributed by atoms with E-state index in [0.717, 1.165) is 18.4 Å². The molecule has 0 aliphatic carbocycles. The Morgan fingerprint density at radius 2 is 1.82 bits per heavy atom. The fraction of sp³-hybridized carbons (Fsp3) is 0.375. The molecular formula is C24H27N5O4. The van der Waals surface area contributed by atoms with Crippen LogP contribution in [-0.4, -0.2) is 63.7 Å². The first-order valence-corrected chi connectivity index (χ1v) is 10.8. The SMILES string of the molecule is COc1ccc(C(=O)N2CC(Oc3nccc(C)c3OC)CC[C@H]2C)c(-c2ncccn2)n1. The van der Waals surface area contributed by atoms with Gasteiger partial charge in [0.1, 0.15) is 11.8 Å². The molecule has 0 saturated carbocycles. The van der Waals surface area contributed by atoms with Crippen LogP contribution in [0.5, 0.6) is 17.5 Å². The zero-order valence-corrected chi connectivity index (χ0v) is 19.2. The zero-order chi connectivity index (χ0) is 23.4. The van der Waals surface area contributed by atoms with Gasteiger partial charge >= 0.3 is 0 Å². The summed E-state index contributed by atoms with van der Waals surface area (Å²) in [5.74, 6) is 1.65. The number of carbonyl (C=O) groups is 1. The van der Waals surface area contributed by atoms with Gasteiger partial charge < -0.3 is 19.1 Å². The molecule has 3 aromatic heterocycles. The number of likely N-dealkylation sites (tertiary alicyclic amines) is 1. The number of rotatable bonds is 6. The average Bonchev–Trinajstić information content (AvgIpc) is 2.85. The molecule has 4 rings (SSSR count). The van der Waals surface area contributed by atoms with Gasteiger partial charge in [0.15, 0.2) is 11.6 Å². The molecule has 0 aromatic carbocycles. The number of ether oxygens (including phenoxy) is 3. The molecule has 0 N–H and O–H groups in total. The van der Waals surface area contributed by atoms with Gasteiger partial charge in [0.2, 0.25) is 5.88 Å². The van der Waals surface area contributed by atoms with Gasteiger partial charge in [-0.15, -0.1) is 0 Å². The number of pyridine rings is 2. The third kappa shape index (κ3) is 4.72. The van der Waals surface area contributed by atoms with Crippen molar-refractivity contribution >= 4 is 5.91 Å². The molecule has 33 heavy (non-hydrogen) atoms. The second kappa shape index (κ2) is 9.81. The minimum absolute atomic E-state index is 0.0383. The molecule has 9 heteroatoms. The predicted octanol–water partition coefficient (Wildman–Crippen LogP) is 3.33. The first-order chi connectivity index (χ1) is 16.0. The molecule has 1 aliphatic heterocycles. The molecule has 1 saturated heterocycles. The minimum Gasteiger partial charge on any atom is -0.491 e. The highest BCUT2D eigenvalue weighted by molar-refractivity contribution is 5.99. The van der Waals surface area contributed by atoms with E-state index < -0.39 is 0 Å². The second-order valence-corrected chi connectivity index (χ2v) is 7.91. The Kier molecular flexibility index (Phi) is 6.67. The highest BCUT2D eigenvalue weighted by Gasteiger charge is 2.33. The largest absolute Gasteiger partial charge is 0.491 e. The Morgan fingerprint density at radius 3 is 2.55 bits per heavy atom. The van der Waals surface area contributed by atoms with Crippen LogP contribution < -0.4 is 14.2 Å². The number of amides is 1. The summed E-state index contributed by atoms with van der Waals surface area (Å²) in [5.41, 5.74) is 1.74. The number of methoxy groups -OCH3 is 2. The van der Waals surface area contributed by atoms with Gasteiger partial charge in [-0.3, -0.25) is 4.79 Å². The van der Waals surface area contributed by atoms with Crippen LogP contribution in [0.1, 0.15) is 35.7 Å². The quantitative estimate of drug-likeness (QED) is 0.565. The number of carbonyl (C=O) groups excluding carboxylic acids is 1. The lowest BCUT2D eigenvalue weighted by molar-refractivity contribution is 0.0365. The van der Waals surface area contributed by atoms with Gasteiger partial charge in [-0.05, 0) is 50.5 Å². The maximum Gasteiger partial charge on any atom is 0.257 e. The Labute approximate surface area is 192 Å². The second-order valence-electron chi connectivity index (χ2n) is 7.91. The summed E-state index contributed by atoms with van der Waals surface area (Å²) in [7, 11) is 3.13. The van der Waals surface area contributed by atoms with Crippen molar-refractivity contribution in [2.45, 2.75) is 38.8 Å². The molecule has 0 radical (unpaired) electrons. The highest BCUT2D eigenvalue weighted by atomic mass is 16.5. The van der Waals surface area contributed by atoms with E-state index in [1.54, 1.807) is 43.9 Å². The van der Waals surface area contributed by atoms with Crippen molar-refractivity contribution in [3.63, 3.8) is 0 Å². The first kappa shape index (κ1) is 22.4. The van der Waals surface area contributed by atoms with Crippen LogP contribution in [0.25, 0.3) is 11.5 Å². The van der Waals surface area contributed by atoms with Crippen molar-refractivity contribution in [3.8, 4) is 29.0 Å². The molecule has 4 heterocycles. The molecule has 9 nitrogen and oxygen atoms in total. The summed E-state index contributed by atoms with van der Waals surface area (Å²) in [6.07, 6.45) is 6.32. The van der Waals surface area contributed by atoms with Gasteiger partial charge in [0.05, 0.1) is 26.3 Å². The van der Waals surface area contributed by atoms with Crippen molar-refractivity contribution in [1.82, 2.24) is 24.8 Å². The van der Waals surface area contributed by atoms with Crippen LogP contribution in [-0.2, 0) is 0 Å². The molecule has 172 valence electrons. The van der Waals surface area contributed by atoms with E-state index in [2.05, 4.69) is 19.9 Å². The summed E-state index contributed by atoms with van der Waals surface area (Å²) < 4.78 is 16.9. The normalized spacial score (nSPS) is 18.0. The van der Waals surface area contributed by atoms with Crippen molar-refractivity contribution in [1.29, 1.82) is 0 Å². The Bertz CT molecular complexity index is 1130. The summed E-state index contributed by atoms with van der Waals surface area (Å²) >= 11 is 0. The molecule has 1 aliphatic rings. The summed E-state index contributed by atoms with van der Waals surface area (Å²) in [5, 5.41) is 0. The van der Waals surface area contributed by atoms with E-state index in [0.29, 0.717) is 41.1 Å². The van der Waals surface area contributed by atoms with Crippen LogP contribution >= 0.6 is 0 Å². The molecular weight excluding hydrogens is 422 g/mol. The maximum atomic E-state index is 13.7. The molecule has 1 unspecified atom stereocenters. The lowest BCUT2D eigenvalue weighted by Gasteiger charge is -2.38. The van der Waals surface area contributed by atoms with Gasteiger partial charge in [-0.25, -0.2) is 19.9 Å². The Morgan fingerprint density at radius 1 is 1.03 bits per heavy atom. The summed E-state index contributed by atoms with van der Waals surface area (Å²) in [6.45, 7) is 4.39. The van der Waals surface area contributed by atoms with Crippen LogP contribution in [0.3, 0.4) is 0 Å². The van der Waals surface area contributed by atoms with E-state index in [4.69, 9.17) is 14.2 Å². The number of piperidine rings is 1. The monoisotopic (exact) mass is 449 g/mol. The summed E-state index contributed by atoms with van der Waals surface area (Å²) in [4.78, 5) is 32.9. The molecule has 3 aromatic rings.